The van der Waals surface area contributed by atoms with Crippen molar-refractivity contribution in [2.24, 2.45) is 0 Å². The van der Waals surface area contributed by atoms with Gasteiger partial charge in [0, 0.05) is 28.0 Å². The molecule has 48 heavy (non-hydrogen) atoms. The minimum absolute atomic E-state index is 0.0322. The van der Waals surface area contributed by atoms with Gasteiger partial charge < -0.3 is 13.9 Å². The molecular weight excluding hydrogens is 689 g/mol. The molecule has 0 bridgehead atoms. The minimum Gasteiger partial charge on any atom is -0.462 e. The number of hydrogen-bond acceptors (Lipinski definition) is 5. The van der Waals surface area contributed by atoms with E-state index < -0.39 is 67.0 Å². The minimum atomic E-state index is -6.52. The number of fused-ring (bicyclic) bond motifs is 1. The molecule has 1 aromatic heterocycles. The molecule has 1 heterocycles. The third-order valence-electron chi connectivity index (χ3n) is 7.09. The summed E-state index contributed by atoms with van der Waals surface area (Å²) in [5.41, 5.74) is 0.342. The molecule has 266 valence electrons. The summed E-state index contributed by atoms with van der Waals surface area (Å²) in [6.07, 6.45) is -6.06. The number of carbonyl (C=O) groups is 1. The second-order valence-electron chi connectivity index (χ2n) is 11.0. The van der Waals surface area contributed by atoms with Gasteiger partial charge in [-0.25, -0.2) is 4.79 Å². The zero-order valence-corrected chi connectivity index (χ0v) is 26.4. The van der Waals surface area contributed by atoms with Crippen LogP contribution in [0.5, 0.6) is 5.75 Å². The molecule has 0 fully saturated rings. The first kappa shape index (κ1) is 39.0. The summed E-state index contributed by atoms with van der Waals surface area (Å²) in [6.45, 7) is 4.75. The maximum Gasteiger partial charge on any atom is 0.573 e. The van der Waals surface area contributed by atoms with Crippen molar-refractivity contribution in [3.63, 3.8) is 0 Å². The van der Waals surface area contributed by atoms with E-state index in [0.29, 0.717) is 29.1 Å². The van der Waals surface area contributed by atoms with Crippen molar-refractivity contribution >= 4 is 28.7 Å². The van der Waals surface area contributed by atoms with Crippen molar-refractivity contribution in [1.82, 2.24) is 0 Å². The molecule has 0 spiro atoms. The van der Waals surface area contributed by atoms with E-state index in [1.165, 1.54) is 36.4 Å². The molecule has 0 aliphatic carbocycles. The van der Waals surface area contributed by atoms with Crippen LogP contribution in [0.25, 0.3) is 22.3 Å². The number of ether oxygens (including phenoxy) is 2. The molecule has 0 atom stereocenters. The first-order valence-corrected chi connectivity index (χ1v) is 15.5. The fraction of sp³-hybridized carbons (Fsp3) is 0.469. The van der Waals surface area contributed by atoms with E-state index in [4.69, 9.17) is 4.42 Å². The summed E-state index contributed by atoms with van der Waals surface area (Å²) in [6, 6.07) is 9.66. The fourth-order valence-corrected chi connectivity index (χ4v) is 5.36. The highest BCUT2D eigenvalue weighted by atomic mass is 32.2. The van der Waals surface area contributed by atoms with E-state index in [-0.39, 0.29) is 27.4 Å². The Hall–Kier alpha value is -3.43. The summed E-state index contributed by atoms with van der Waals surface area (Å²) in [5, 5.41) is 0.368. The van der Waals surface area contributed by atoms with Gasteiger partial charge in [-0.1, -0.05) is 32.4 Å². The highest BCUT2D eigenvalue weighted by molar-refractivity contribution is 7.99. The molecule has 0 aliphatic rings. The zero-order valence-electron chi connectivity index (χ0n) is 25.6. The van der Waals surface area contributed by atoms with Crippen LogP contribution in [0.1, 0.15) is 51.5 Å². The summed E-state index contributed by atoms with van der Waals surface area (Å²) in [7, 11) is 0. The van der Waals surface area contributed by atoms with Gasteiger partial charge in [-0.15, -0.1) is 24.9 Å². The number of carbonyl (C=O) groups excluding carboxylic acids is 1. The molecule has 0 radical (unpaired) electrons. The number of halogens is 11. The molecule has 3 aromatic rings. The van der Waals surface area contributed by atoms with Crippen LogP contribution in [0.3, 0.4) is 0 Å². The van der Waals surface area contributed by atoms with Gasteiger partial charge >= 0.3 is 36.0 Å². The van der Waals surface area contributed by atoms with Crippen molar-refractivity contribution in [2.75, 3.05) is 12.4 Å². The summed E-state index contributed by atoms with van der Waals surface area (Å²) in [5.74, 6) is -27.0. The number of esters is 1. The van der Waals surface area contributed by atoms with Crippen LogP contribution in [0.4, 0.5) is 48.3 Å². The molecule has 0 saturated carbocycles. The Morgan fingerprint density at radius 2 is 1.50 bits per heavy atom. The fourth-order valence-electron chi connectivity index (χ4n) is 4.41. The Kier molecular flexibility index (Phi) is 12.2. The number of thioether (sulfide) groups is 1. The third kappa shape index (κ3) is 9.17. The highest BCUT2D eigenvalue weighted by Gasteiger charge is 2.79. The first-order valence-electron chi connectivity index (χ1n) is 14.5. The standard InChI is InChI=1S/C32H31F11O4S/c1-4-5-6-7-20-8-11-23(26(16-20)47-32(41,42)43)25-17-21-9-10-22(18-24(21)46-25)48-15-13-29(35,36)31(39,40)30(37,38)28(33,34)12-14-45-27(44)19(2)3/h8-11,16-18H,2,4-7,12-15H2,1,3H3. The van der Waals surface area contributed by atoms with Crippen LogP contribution < -0.4 is 4.74 Å². The van der Waals surface area contributed by atoms with Crippen molar-refractivity contribution in [1.29, 1.82) is 0 Å². The van der Waals surface area contributed by atoms with E-state index >= 15 is 0 Å². The number of aryl methyl sites for hydroxylation is 1. The van der Waals surface area contributed by atoms with Gasteiger partial charge in [0.25, 0.3) is 0 Å². The predicted octanol–water partition coefficient (Wildman–Crippen LogP) is 11.3. The van der Waals surface area contributed by atoms with Gasteiger partial charge in [0.05, 0.1) is 18.6 Å². The molecule has 3 rings (SSSR count). The van der Waals surface area contributed by atoms with E-state index in [1.54, 1.807) is 6.07 Å². The lowest BCUT2D eigenvalue weighted by Crippen LogP contribution is -2.62. The van der Waals surface area contributed by atoms with E-state index in [9.17, 15) is 53.1 Å². The second kappa shape index (κ2) is 15.0. The Balaban J connectivity index is 1.74. The third-order valence-corrected chi connectivity index (χ3v) is 8.09. The first-order chi connectivity index (χ1) is 22.1. The average molecular weight is 721 g/mol. The molecule has 0 amide bonds. The van der Waals surface area contributed by atoms with Crippen molar-refractivity contribution in [2.45, 2.75) is 87.3 Å². The number of furan rings is 1. The van der Waals surface area contributed by atoms with Crippen LogP contribution in [-0.4, -0.2) is 48.4 Å². The van der Waals surface area contributed by atoms with Crippen molar-refractivity contribution < 1.29 is 67.0 Å². The topological polar surface area (TPSA) is 48.7 Å². The van der Waals surface area contributed by atoms with Gasteiger partial charge in [0.15, 0.2) is 0 Å². The quantitative estimate of drug-likeness (QED) is 0.0457. The number of unbranched alkanes of at least 4 members (excludes halogenated alkanes) is 2. The number of alkyl halides is 11. The maximum atomic E-state index is 14.4. The summed E-state index contributed by atoms with van der Waals surface area (Å²) < 4.78 is 168. The van der Waals surface area contributed by atoms with Gasteiger partial charge in [-0.3, -0.25) is 0 Å². The molecule has 0 aliphatic heterocycles. The molecule has 0 unspecified atom stereocenters. The lowest BCUT2D eigenvalue weighted by molar-refractivity contribution is -0.367. The number of hydrogen-bond donors (Lipinski definition) is 0. The second-order valence-corrected chi connectivity index (χ2v) is 12.1. The lowest BCUT2D eigenvalue weighted by Gasteiger charge is -2.36. The normalized spacial score (nSPS) is 13.2. The van der Waals surface area contributed by atoms with Crippen molar-refractivity contribution in [3.05, 3.63) is 60.2 Å². The molecule has 2 aromatic carbocycles. The van der Waals surface area contributed by atoms with Gasteiger partial charge in [-0.2, -0.15) is 35.1 Å². The van der Waals surface area contributed by atoms with Crippen LogP contribution in [-0.2, 0) is 16.0 Å². The average Bonchev–Trinajstić information content (AvgIpc) is 3.39. The zero-order chi connectivity index (χ0) is 36.1. The number of rotatable bonds is 17. The lowest BCUT2D eigenvalue weighted by atomic mass is 9.95. The Bertz CT molecular complexity index is 1580. The maximum absolute atomic E-state index is 14.4. The molecule has 4 nitrogen and oxygen atoms in total. The van der Waals surface area contributed by atoms with E-state index in [1.807, 2.05) is 6.92 Å². The van der Waals surface area contributed by atoms with Gasteiger partial charge in [0.1, 0.15) is 17.1 Å². The predicted molar refractivity (Wildman–Crippen MR) is 157 cm³/mol. The summed E-state index contributed by atoms with van der Waals surface area (Å²) in [4.78, 5) is 11.4. The van der Waals surface area contributed by atoms with Crippen LogP contribution in [0.2, 0.25) is 0 Å². The highest BCUT2D eigenvalue weighted by Crippen LogP contribution is 2.55. The molecule has 16 heteroatoms. The molecule has 0 N–H and O–H groups in total. The number of benzene rings is 2. The van der Waals surface area contributed by atoms with Gasteiger partial charge in [0.2, 0.25) is 0 Å². The monoisotopic (exact) mass is 720 g/mol. The van der Waals surface area contributed by atoms with Crippen LogP contribution >= 0.6 is 11.8 Å². The van der Waals surface area contributed by atoms with Crippen molar-refractivity contribution in [3.8, 4) is 17.1 Å². The molecule has 0 saturated heterocycles. The Morgan fingerprint density at radius 1 is 0.854 bits per heavy atom. The van der Waals surface area contributed by atoms with E-state index in [2.05, 4.69) is 16.1 Å². The largest absolute Gasteiger partial charge is 0.573 e. The van der Waals surface area contributed by atoms with Crippen LogP contribution in [0, 0.1) is 0 Å². The van der Waals surface area contributed by atoms with E-state index in [0.717, 1.165) is 26.2 Å². The smallest absolute Gasteiger partial charge is 0.462 e. The Labute approximate surface area is 272 Å². The molecular formula is C32H31F11O4S. The summed E-state index contributed by atoms with van der Waals surface area (Å²) >= 11 is 0.499. The van der Waals surface area contributed by atoms with Gasteiger partial charge in [-0.05, 0) is 61.7 Å². The SMILES string of the molecule is C=C(C)C(=O)OCCC(F)(F)C(F)(F)C(F)(F)C(F)(F)CCSc1ccc2cc(-c3ccc(CCCCC)cc3OC(F)(F)F)oc2c1. The Morgan fingerprint density at radius 3 is 2.10 bits per heavy atom. The van der Waals surface area contributed by atoms with Crippen LogP contribution in [0.15, 0.2) is 63.9 Å².